The van der Waals surface area contributed by atoms with Gasteiger partial charge in [-0.25, -0.2) is 8.42 Å². The quantitative estimate of drug-likeness (QED) is 0.152. The number of hydrazone groups is 1. The van der Waals surface area contributed by atoms with Crippen LogP contribution >= 0.6 is 0 Å². The molecule has 0 spiro atoms. The molecule has 0 unspecified atom stereocenters. The number of anilines is 3. The van der Waals surface area contributed by atoms with E-state index in [1.54, 1.807) is 30.3 Å². The van der Waals surface area contributed by atoms with Crippen molar-refractivity contribution >= 4 is 44.7 Å². The number of sulfonamides is 1. The van der Waals surface area contributed by atoms with Crippen LogP contribution in [0.15, 0.2) is 88.9 Å². The first-order valence-electron chi connectivity index (χ1n) is 16.0. The highest BCUT2D eigenvalue weighted by atomic mass is 32.2. The Balaban J connectivity index is 1.29. The second kappa shape index (κ2) is 16.8. The van der Waals surface area contributed by atoms with E-state index in [-0.39, 0.29) is 28.6 Å². The van der Waals surface area contributed by atoms with Gasteiger partial charge in [-0.3, -0.25) is 14.3 Å². The molecule has 0 fully saturated rings. The molecule has 0 bridgehead atoms. The average Bonchev–Trinajstić information content (AvgIpc) is 3.41. The molecule has 0 aromatic heterocycles. The van der Waals surface area contributed by atoms with E-state index in [4.69, 9.17) is 0 Å². The molecule has 3 aromatic carbocycles. The molecule has 0 saturated heterocycles. The van der Waals surface area contributed by atoms with Gasteiger partial charge in [-0.1, -0.05) is 95.0 Å². The van der Waals surface area contributed by atoms with Gasteiger partial charge >= 0.3 is 0 Å². The number of nitrogens with zero attached hydrogens (tertiary/aromatic N) is 3. The van der Waals surface area contributed by atoms with Gasteiger partial charge < -0.3 is 10.2 Å². The second-order valence-electron chi connectivity index (χ2n) is 11.5. The van der Waals surface area contributed by atoms with Gasteiger partial charge in [0.1, 0.15) is 5.84 Å². The predicted molar refractivity (Wildman–Crippen MR) is 182 cm³/mol. The maximum atomic E-state index is 13.3. The zero-order valence-electron chi connectivity index (χ0n) is 26.4. The van der Waals surface area contributed by atoms with Crippen LogP contribution in [-0.2, 0) is 14.8 Å². The fourth-order valence-electron chi connectivity index (χ4n) is 5.26. The highest BCUT2D eigenvalue weighted by Crippen LogP contribution is 2.23. The molecule has 1 heterocycles. The number of amides is 2. The SMILES string of the molecule is CCCCCCCCCCCCN(C)c1cccc(NS(=O)(=O)c2cccc(C(=O)NC3=NN(c4ccccc4)C(=O)C3)c2)c1. The number of benzene rings is 3. The minimum atomic E-state index is -3.97. The first-order valence-corrected chi connectivity index (χ1v) is 17.5. The van der Waals surface area contributed by atoms with Gasteiger partial charge in [0.05, 0.1) is 22.7 Å². The summed E-state index contributed by atoms with van der Waals surface area (Å²) in [7, 11) is -1.95. The van der Waals surface area contributed by atoms with E-state index in [2.05, 4.69) is 27.0 Å². The van der Waals surface area contributed by atoms with Crippen molar-refractivity contribution in [1.29, 1.82) is 0 Å². The van der Waals surface area contributed by atoms with Gasteiger partial charge in [0.25, 0.3) is 21.8 Å². The van der Waals surface area contributed by atoms with Gasteiger partial charge in [0.2, 0.25) is 0 Å². The Morgan fingerprint density at radius 3 is 2.22 bits per heavy atom. The smallest absolute Gasteiger partial charge is 0.261 e. The molecular formula is C35H45N5O4S. The predicted octanol–water partition coefficient (Wildman–Crippen LogP) is 7.32. The molecule has 4 rings (SSSR count). The zero-order chi connectivity index (χ0) is 32.1. The van der Waals surface area contributed by atoms with Crippen LogP contribution in [0.4, 0.5) is 17.1 Å². The number of hydrogen-bond acceptors (Lipinski definition) is 6. The lowest BCUT2D eigenvalue weighted by molar-refractivity contribution is -0.116. The number of carbonyl (C=O) groups is 2. The molecule has 3 aromatic rings. The van der Waals surface area contributed by atoms with Crippen LogP contribution in [0, 0.1) is 0 Å². The van der Waals surface area contributed by atoms with E-state index in [1.807, 2.05) is 31.3 Å². The number of para-hydroxylation sites is 1. The lowest BCUT2D eigenvalue weighted by atomic mass is 10.1. The zero-order valence-corrected chi connectivity index (χ0v) is 27.2. The van der Waals surface area contributed by atoms with Crippen LogP contribution < -0.4 is 19.9 Å². The molecule has 0 radical (unpaired) electrons. The van der Waals surface area contributed by atoms with Crippen molar-refractivity contribution < 1.29 is 18.0 Å². The normalized spacial score (nSPS) is 13.1. The molecular weight excluding hydrogens is 586 g/mol. The number of hydrogen-bond donors (Lipinski definition) is 2. The Morgan fingerprint density at radius 2 is 1.51 bits per heavy atom. The second-order valence-corrected chi connectivity index (χ2v) is 13.2. The third-order valence-corrected chi connectivity index (χ3v) is 9.21. The third kappa shape index (κ3) is 10.2. The van der Waals surface area contributed by atoms with Crippen molar-refractivity contribution in [2.45, 2.75) is 82.4 Å². The number of rotatable bonds is 17. The Morgan fingerprint density at radius 1 is 0.844 bits per heavy atom. The first-order chi connectivity index (χ1) is 21.8. The minimum Gasteiger partial charge on any atom is -0.375 e. The van der Waals surface area contributed by atoms with E-state index < -0.39 is 15.9 Å². The van der Waals surface area contributed by atoms with Crippen molar-refractivity contribution in [3.63, 3.8) is 0 Å². The molecule has 2 amide bonds. The van der Waals surface area contributed by atoms with E-state index in [0.717, 1.165) is 18.7 Å². The largest absolute Gasteiger partial charge is 0.375 e. The third-order valence-electron chi connectivity index (χ3n) is 7.83. The van der Waals surface area contributed by atoms with Crippen LogP contribution in [0.25, 0.3) is 0 Å². The summed E-state index contributed by atoms with van der Waals surface area (Å²) in [5.41, 5.74) is 2.10. The highest BCUT2D eigenvalue weighted by molar-refractivity contribution is 7.92. The van der Waals surface area contributed by atoms with Gasteiger partial charge in [-0.2, -0.15) is 10.1 Å². The molecule has 9 nitrogen and oxygen atoms in total. The Kier molecular flexibility index (Phi) is 12.6. The maximum Gasteiger partial charge on any atom is 0.261 e. The van der Waals surface area contributed by atoms with Gasteiger partial charge in [0.15, 0.2) is 0 Å². The van der Waals surface area contributed by atoms with Crippen LogP contribution in [0.2, 0.25) is 0 Å². The summed E-state index contributed by atoms with van der Waals surface area (Å²) in [6, 6.07) is 22.0. The lowest BCUT2D eigenvalue weighted by Gasteiger charge is -2.20. The summed E-state index contributed by atoms with van der Waals surface area (Å²) in [6.07, 6.45) is 12.7. The maximum absolute atomic E-state index is 13.3. The highest BCUT2D eigenvalue weighted by Gasteiger charge is 2.27. The molecule has 1 aliphatic heterocycles. The Labute approximate surface area is 267 Å². The van der Waals surface area contributed by atoms with Crippen LogP contribution in [0.5, 0.6) is 0 Å². The van der Waals surface area contributed by atoms with E-state index in [0.29, 0.717) is 11.4 Å². The molecule has 0 aliphatic carbocycles. The summed E-state index contributed by atoms with van der Waals surface area (Å²) < 4.78 is 29.2. The number of amidine groups is 1. The van der Waals surface area contributed by atoms with Crippen molar-refractivity contribution in [1.82, 2.24) is 5.32 Å². The van der Waals surface area contributed by atoms with Gasteiger partial charge in [0, 0.05) is 24.8 Å². The van der Waals surface area contributed by atoms with Crippen molar-refractivity contribution in [2.75, 3.05) is 28.2 Å². The average molecular weight is 632 g/mol. The molecule has 45 heavy (non-hydrogen) atoms. The topological polar surface area (TPSA) is 111 Å². The molecule has 240 valence electrons. The molecule has 10 heteroatoms. The van der Waals surface area contributed by atoms with Crippen molar-refractivity contribution in [3.8, 4) is 0 Å². The van der Waals surface area contributed by atoms with Crippen molar-refractivity contribution in [3.05, 3.63) is 84.4 Å². The summed E-state index contributed by atoms with van der Waals surface area (Å²) in [6.45, 7) is 3.14. The Bertz CT molecular complexity index is 1560. The van der Waals surface area contributed by atoms with Crippen LogP contribution in [0.3, 0.4) is 0 Å². The first kappa shape index (κ1) is 33.7. The van der Waals surface area contributed by atoms with E-state index >= 15 is 0 Å². The summed E-state index contributed by atoms with van der Waals surface area (Å²) in [5, 5.41) is 8.12. The Hall–Kier alpha value is -4.18. The number of unbranched alkanes of at least 4 members (excludes halogenated alkanes) is 9. The molecule has 0 atom stereocenters. The molecule has 2 N–H and O–H groups in total. The fraction of sp³-hybridized carbons (Fsp3) is 0.400. The molecule has 1 aliphatic rings. The summed E-state index contributed by atoms with van der Waals surface area (Å²) in [5.74, 6) is -0.628. The fourth-order valence-corrected chi connectivity index (χ4v) is 6.36. The summed E-state index contributed by atoms with van der Waals surface area (Å²) in [4.78, 5) is 27.5. The van der Waals surface area contributed by atoms with Crippen molar-refractivity contribution in [2.24, 2.45) is 5.10 Å². The number of carbonyl (C=O) groups excluding carboxylic acids is 2. The standard InChI is InChI=1S/C35H45N5O4S/c1-3-4-5-6-7-8-9-10-11-15-24-39(2)31-22-17-19-29(26-31)38-45(43,44)32-23-16-18-28(25-32)35(42)36-33-27-34(41)40(37-33)30-20-13-12-14-21-30/h12-14,16-23,25-26,38H,3-11,15,24,27H2,1-2H3,(H,36,37,42). The molecule has 0 saturated carbocycles. The van der Waals surface area contributed by atoms with Crippen LogP contribution in [-0.4, -0.2) is 39.7 Å². The van der Waals surface area contributed by atoms with Gasteiger partial charge in [-0.05, 0) is 55.0 Å². The monoisotopic (exact) mass is 631 g/mol. The van der Waals surface area contributed by atoms with E-state index in [9.17, 15) is 18.0 Å². The lowest BCUT2D eigenvalue weighted by Crippen LogP contribution is -2.30. The number of nitrogens with one attached hydrogen (secondary N) is 2. The van der Waals surface area contributed by atoms with Gasteiger partial charge in [-0.15, -0.1) is 0 Å². The van der Waals surface area contributed by atoms with E-state index in [1.165, 1.54) is 87.1 Å². The summed E-state index contributed by atoms with van der Waals surface area (Å²) >= 11 is 0. The van der Waals surface area contributed by atoms with Crippen LogP contribution in [0.1, 0.15) is 87.9 Å². The minimum absolute atomic E-state index is 0.0466.